The van der Waals surface area contributed by atoms with Crippen LogP contribution in [0.5, 0.6) is 0 Å². The lowest BCUT2D eigenvalue weighted by Crippen LogP contribution is -2.37. The minimum absolute atomic E-state index is 0.979. The molecule has 8 aromatic rings. The summed E-state index contributed by atoms with van der Waals surface area (Å²) in [6.07, 6.45) is 0. The fourth-order valence-corrected chi connectivity index (χ4v) is 7.08. The van der Waals surface area contributed by atoms with Gasteiger partial charge in [0.05, 0.1) is 35.7 Å². The zero-order chi connectivity index (χ0) is 24.2. The van der Waals surface area contributed by atoms with Gasteiger partial charge in [0.2, 0.25) is 5.78 Å². The number of para-hydroxylation sites is 2. The first-order valence-corrected chi connectivity index (χ1v) is 16.1. The monoisotopic (exact) mass is 479 g/mol. The Bertz CT molecular complexity index is 2120. The molecule has 0 bridgehead atoms. The van der Waals surface area contributed by atoms with Crippen molar-refractivity contribution in [1.82, 2.24) is 13.8 Å². The highest BCUT2D eigenvalue weighted by molar-refractivity contribution is 6.88. The lowest BCUT2D eigenvalue weighted by Gasteiger charge is -2.16. The molecule has 0 aliphatic carbocycles. The van der Waals surface area contributed by atoms with Crippen molar-refractivity contribution in [2.75, 3.05) is 0 Å². The van der Waals surface area contributed by atoms with Crippen molar-refractivity contribution in [2.24, 2.45) is 0 Å². The maximum atomic E-state index is 5.11. The molecule has 3 aromatic heterocycles. The molecule has 0 amide bonds. The van der Waals surface area contributed by atoms with Gasteiger partial charge in [0.25, 0.3) is 0 Å². The third-order valence-electron chi connectivity index (χ3n) is 7.78. The molecular formula is C32H25N3Si. The van der Waals surface area contributed by atoms with Gasteiger partial charge in [-0.2, -0.15) is 0 Å². The molecule has 36 heavy (non-hydrogen) atoms. The van der Waals surface area contributed by atoms with Gasteiger partial charge in [-0.15, -0.1) is 0 Å². The Balaban J connectivity index is 1.55. The van der Waals surface area contributed by atoms with Crippen LogP contribution in [-0.2, 0) is 0 Å². The molecule has 0 spiro atoms. The Morgan fingerprint density at radius 1 is 0.583 bits per heavy atom. The van der Waals surface area contributed by atoms with Crippen molar-refractivity contribution in [2.45, 2.75) is 19.6 Å². The maximum Gasteiger partial charge on any atom is 0.220 e. The molecule has 0 N–H and O–H groups in total. The molecule has 172 valence electrons. The first kappa shape index (κ1) is 20.1. The van der Waals surface area contributed by atoms with Crippen LogP contribution in [0.3, 0.4) is 0 Å². The van der Waals surface area contributed by atoms with Crippen molar-refractivity contribution in [3.8, 4) is 11.1 Å². The van der Waals surface area contributed by atoms with Crippen LogP contribution in [0, 0.1) is 0 Å². The summed E-state index contributed by atoms with van der Waals surface area (Å²) in [5, 5.41) is 6.57. The summed E-state index contributed by atoms with van der Waals surface area (Å²) < 4.78 is 4.71. The predicted octanol–water partition coefficient (Wildman–Crippen LogP) is 7.85. The number of fused-ring (bicyclic) bond motifs is 9. The van der Waals surface area contributed by atoms with E-state index in [1.165, 1.54) is 54.4 Å². The van der Waals surface area contributed by atoms with E-state index in [1.54, 1.807) is 0 Å². The summed E-state index contributed by atoms with van der Waals surface area (Å²) in [5.41, 5.74) is 8.35. The Kier molecular flexibility index (Phi) is 3.76. The van der Waals surface area contributed by atoms with Gasteiger partial charge in [-0.25, -0.2) is 4.98 Å². The minimum Gasteiger partial charge on any atom is -0.277 e. The average Bonchev–Trinajstić information content (AvgIpc) is 3.52. The zero-order valence-electron chi connectivity index (χ0n) is 20.6. The number of nitrogens with zero attached hydrogens (tertiary/aromatic N) is 3. The largest absolute Gasteiger partial charge is 0.277 e. The van der Waals surface area contributed by atoms with E-state index in [1.807, 2.05) is 0 Å². The van der Waals surface area contributed by atoms with E-state index in [2.05, 4.69) is 126 Å². The molecule has 3 heterocycles. The molecule has 0 saturated carbocycles. The van der Waals surface area contributed by atoms with Gasteiger partial charge in [0, 0.05) is 10.8 Å². The second-order valence-electron chi connectivity index (χ2n) is 11.0. The molecule has 0 aliphatic rings. The fourth-order valence-electron chi connectivity index (χ4n) is 5.92. The molecule has 0 aliphatic heterocycles. The van der Waals surface area contributed by atoms with Crippen LogP contribution in [0.4, 0.5) is 0 Å². The van der Waals surface area contributed by atoms with Gasteiger partial charge >= 0.3 is 0 Å². The third-order valence-corrected chi connectivity index (χ3v) is 9.84. The maximum absolute atomic E-state index is 5.11. The number of aromatic nitrogens is 3. The molecule has 0 fully saturated rings. The number of benzene rings is 5. The number of hydrogen-bond acceptors (Lipinski definition) is 1. The van der Waals surface area contributed by atoms with Crippen LogP contribution >= 0.6 is 0 Å². The lowest BCUT2D eigenvalue weighted by atomic mass is 10.0. The van der Waals surface area contributed by atoms with E-state index in [4.69, 9.17) is 4.98 Å². The zero-order valence-corrected chi connectivity index (χ0v) is 21.6. The Labute approximate surface area is 209 Å². The van der Waals surface area contributed by atoms with Crippen LogP contribution in [0.25, 0.3) is 66.0 Å². The minimum atomic E-state index is -1.35. The van der Waals surface area contributed by atoms with Crippen molar-refractivity contribution < 1.29 is 0 Å². The standard InChI is InChI=1S/C32H25N3Si/c1-36(2,3)24-14-12-20(13-15-24)23-17-26-25-16-21-8-4-5-9-22(21)18-29(25)35-31(26)30(19-23)34-28-11-7-6-10-27(28)33-32(34)35/h4-19H,1-3H3. The summed E-state index contributed by atoms with van der Waals surface area (Å²) in [6.45, 7) is 7.21. The van der Waals surface area contributed by atoms with E-state index in [0.717, 1.165) is 16.8 Å². The van der Waals surface area contributed by atoms with Gasteiger partial charge in [0.1, 0.15) is 0 Å². The normalized spacial score (nSPS) is 12.9. The van der Waals surface area contributed by atoms with E-state index >= 15 is 0 Å². The molecule has 0 atom stereocenters. The highest BCUT2D eigenvalue weighted by Gasteiger charge is 2.22. The van der Waals surface area contributed by atoms with Crippen LogP contribution in [-0.4, -0.2) is 21.9 Å². The SMILES string of the molecule is C[Si](C)(C)c1ccc(-c2cc3c4cc5ccccc5cc4n4c3c(c2)n2c3ccccc3nc24)cc1. The summed E-state index contributed by atoms with van der Waals surface area (Å²) >= 11 is 0. The second-order valence-corrected chi connectivity index (χ2v) is 16.1. The Morgan fingerprint density at radius 3 is 2.08 bits per heavy atom. The second kappa shape index (κ2) is 6.74. The van der Waals surface area contributed by atoms with Crippen LogP contribution < -0.4 is 5.19 Å². The summed E-state index contributed by atoms with van der Waals surface area (Å²) in [5.74, 6) is 0.979. The topological polar surface area (TPSA) is 21.7 Å². The Hall–Kier alpha value is -4.15. The molecule has 3 nitrogen and oxygen atoms in total. The van der Waals surface area contributed by atoms with Gasteiger partial charge in [0.15, 0.2) is 0 Å². The summed E-state index contributed by atoms with van der Waals surface area (Å²) in [7, 11) is -1.35. The molecule has 4 heteroatoms. The molecule has 0 saturated heterocycles. The molecule has 0 unspecified atom stereocenters. The van der Waals surface area contributed by atoms with Crippen LogP contribution in [0.1, 0.15) is 0 Å². The van der Waals surface area contributed by atoms with Crippen molar-refractivity contribution in [1.29, 1.82) is 0 Å². The van der Waals surface area contributed by atoms with Crippen molar-refractivity contribution >= 4 is 68.2 Å². The fraction of sp³-hybridized carbons (Fsp3) is 0.0938. The van der Waals surface area contributed by atoms with Crippen molar-refractivity contribution in [3.05, 3.63) is 97.1 Å². The van der Waals surface area contributed by atoms with Gasteiger partial charge in [-0.3, -0.25) is 8.80 Å². The van der Waals surface area contributed by atoms with E-state index in [9.17, 15) is 0 Å². The van der Waals surface area contributed by atoms with E-state index < -0.39 is 8.07 Å². The average molecular weight is 480 g/mol. The van der Waals surface area contributed by atoms with Gasteiger partial charge < -0.3 is 0 Å². The van der Waals surface area contributed by atoms with E-state index in [-0.39, 0.29) is 0 Å². The highest BCUT2D eigenvalue weighted by atomic mass is 28.3. The first-order chi connectivity index (χ1) is 17.5. The molecule has 5 aromatic carbocycles. The smallest absolute Gasteiger partial charge is 0.220 e. The van der Waals surface area contributed by atoms with Crippen molar-refractivity contribution in [3.63, 3.8) is 0 Å². The summed E-state index contributed by atoms with van der Waals surface area (Å²) in [6, 6.07) is 35.8. The van der Waals surface area contributed by atoms with Crippen LogP contribution in [0.2, 0.25) is 19.6 Å². The third kappa shape index (κ3) is 2.59. The number of hydrogen-bond donors (Lipinski definition) is 0. The Morgan fingerprint density at radius 2 is 1.31 bits per heavy atom. The quantitative estimate of drug-likeness (QED) is 0.231. The first-order valence-electron chi connectivity index (χ1n) is 12.6. The van der Waals surface area contributed by atoms with Gasteiger partial charge in [-0.1, -0.05) is 85.5 Å². The molecule has 0 radical (unpaired) electrons. The number of rotatable bonds is 2. The predicted molar refractivity (Wildman–Crippen MR) is 156 cm³/mol. The summed E-state index contributed by atoms with van der Waals surface area (Å²) in [4.78, 5) is 5.11. The molecular weight excluding hydrogens is 454 g/mol. The van der Waals surface area contributed by atoms with Crippen LogP contribution in [0.15, 0.2) is 97.1 Å². The number of imidazole rings is 2. The van der Waals surface area contributed by atoms with Gasteiger partial charge in [-0.05, 0) is 58.3 Å². The lowest BCUT2D eigenvalue weighted by molar-refractivity contribution is 1.22. The molecule has 8 rings (SSSR count). The highest BCUT2D eigenvalue weighted by Crippen LogP contribution is 2.40. The van der Waals surface area contributed by atoms with E-state index in [0.29, 0.717) is 0 Å².